The zero-order chi connectivity index (χ0) is 71.8. The lowest BCUT2D eigenvalue weighted by Crippen LogP contribution is -2.63. The second kappa shape index (κ2) is 36.5. The number of aldehydes is 1. The molecule has 8 amide bonds. The third kappa shape index (κ3) is 22.7. The largest absolute Gasteiger partial charge is 0.411 e. The minimum Gasteiger partial charge on any atom is -0.411 e. The molecule has 1 heterocycles. The number of hydrogen-bond donors (Lipinski definition) is 1. The Kier molecular flexibility index (Phi) is 33.6. The third-order valence-electron chi connectivity index (χ3n) is 19.5. The van der Waals surface area contributed by atoms with Gasteiger partial charge in [0.1, 0.15) is 42.5 Å². The molecule has 22 heteroatoms. The van der Waals surface area contributed by atoms with Crippen LogP contribution in [0.1, 0.15) is 196 Å². The first kappa shape index (κ1) is 84.6. The number of carbonyl (C=O) groups is 12. The summed E-state index contributed by atoms with van der Waals surface area (Å²) in [6.07, 6.45) is -0.426. The first-order valence-corrected chi connectivity index (χ1v) is 36.9. The summed E-state index contributed by atoms with van der Waals surface area (Å²) in [6, 6.07) is -9.27. The lowest BCUT2D eigenvalue weighted by atomic mass is 9.84. The molecule has 0 saturated carbocycles. The fraction of sp³-hybridized carbons (Fsp3) is 0.829. The second-order valence-corrected chi connectivity index (χ2v) is 35.6. The molecule has 1 N–H and O–H groups in total. The quantitative estimate of drug-likeness (QED) is 0.106. The van der Waals surface area contributed by atoms with Gasteiger partial charge in [-0.15, -0.1) is 0 Å². The lowest BCUT2D eigenvalue weighted by Gasteiger charge is -2.46. The fourth-order valence-electron chi connectivity index (χ4n) is 12.2. The maximum atomic E-state index is 15.7. The number of Topliss-reactive ketones (excluding diaryl/α,β-unsaturated/α-hetero) is 3. The van der Waals surface area contributed by atoms with Crippen molar-refractivity contribution in [2.24, 2.45) is 59.2 Å². The maximum absolute atomic E-state index is 15.7. The number of likely N-dealkylation sites (N-methyl/N-ethyl adjacent to an activating group) is 7. The summed E-state index contributed by atoms with van der Waals surface area (Å²) >= 11 is 0. The van der Waals surface area contributed by atoms with E-state index in [1.165, 1.54) is 90.6 Å². The van der Waals surface area contributed by atoms with E-state index in [-0.39, 0.29) is 80.8 Å². The second-order valence-electron chi connectivity index (χ2n) is 30.9. The summed E-state index contributed by atoms with van der Waals surface area (Å²) in [5, 5.41) is 2.35. The van der Waals surface area contributed by atoms with Gasteiger partial charge in [0.2, 0.25) is 47.3 Å². The van der Waals surface area contributed by atoms with Crippen LogP contribution < -0.4 is 5.32 Å². The molecule has 0 aliphatic carbocycles. The molecule has 0 aromatic carbocycles. The summed E-state index contributed by atoms with van der Waals surface area (Å²) in [6.45, 7) is 40.6. The monoisotopic (exact) mass is 1310 g/mol. The van der Waals surface area contributed by atoms with Gasteiger partial charge in [-0.25, -0.2) is 0 Å². The Morgan fingerprint density at radius 3 is 1.30 bits per heavy atom. The number of hydrogen-bond acceptors (Lipinski definition) is 13. The SMILES string of the molecule is CC[C@H]1CC(=O)[C@@H]([C@H](O[Si](C)(C)C(C)(C)C)[C@H](C)CC=O)N(C)C(=O)[C@@H](C(C)C)N(C)C(=O)[C@@H](CC(C)C)N(C)C(=O)[C@@H](CC(C)C)N(C)C(=O)[C@H](C)NC(=O)[C@@H](C)CC(=O)[C@@H](CC(C)C)N(C)C(=O)[C@@H](C(C)C)CC(=O)[C@H](CC(C)C)N(C)C(=O)[C@@H](C)N(C)C1=O. The average molecular weight is 1320 g/mol. The van der Waals surface area contributed by atoms with E-state index in [9.17, 15) is 38.4 Å². The van der Waals surface area contributed by atoms with E-state index >= 15 is 19.2 Å². The van der Waals surface area contributed by atoms with Gasteiger partial charge >= 0.3 is 0 Å². The third-order valence-corrected chi connectivity index (χ3v) is 24.0. The summed E-state index contributed by atoms with van der Waals surface area (Å²) < 4.78 is 7.15. The molecule has 1 rings (SSSR count). The van der Waals surface area contributed by atoms with Gasteiger partial charge in [-0.2, -0.15) is 0 Å². The normalized spacial score (nSPS) is 27.1. The molecule has 1 aliphatic rings. The Morgan fingerprint density at radius 2 is 0.891 bits per heavy atom. The van der Waals surface area contributed by atoms with Crippen LogP contribution in [0.5, 0.6) is 0 Å². The van der Waals surface area contributed by atoms with Gasteiger partial charge in [-0.1, -0.05) is 125 Å². The number of nitrogens with zero attached hydrogens (tertiary/aromatic N) is 7. The molecule has 13 atom stereocenters. The van der Waals surface area contributed by atoms with Crippen molar-refractivity contribution in [1.82, 2.24) is 39.6 Å². The van der Waals surface area contributed by atoms with E-state index in [2.05, 4.69) is 5.32 Å². The molecule has 1 aliphatic heterocycles. The van der Waals surface area contributed by atoms with Gasteiger partial charge in [-0.3, -0.25) is 52.7 Å². The Hall–Kier alpha value is -5.38. The van der Waals surface area contributed by atoms with Crippen LogP contribution in [0, 0.1) is 59.2 Å². The number of ketones is 3. The molecule has 0 spiro atoms. The summed E-state index contributed by atoms with van der Waals surface area (Å²) in [4.78, 5) is 186. The zero-order valence-electron chi connectivity index (χ0n) is 62.3. The number of rotatable bonds is 17. The van der Waals surface area contributed by atoms with E-state index in [0.717, 1.165) is 6.29 Å². The molecular formula is C70H126N8O13Si. The molecular weight excluding hydrogens is 1190 g/mol. The highest BCUT2D eigenvalue weighted by Gasteiger charge is 2.49. The maximum Gasteiger partial charge on any atom is 0.246 e. The Morgan fingerprint density at radius 1 is 0.489 bits per heavy atom. The Labute approximate surface area is 555 Å². The zero-order valence-corrected chi connectivity index (χ0v) is 63.3. The van der Waals surface area contributed by atoms with Crippen LogP contribution in [0.2, 0.25) is 18.1 Å². The van der Waals surface area contributed by atoms with Gasteiger partial charge in [0, 0.05) is 92.8 Å². The molecule has 1 saturated heterocycles. The molecule has 1 fully saturated rings. The van der Waals surface area contributed by atoms with Crippen LogP contribution in [0.15, 0.2) is 0 Å². The van der Waals surface area contributed by atoms with Crippen LogP contribution in [0.25, 0.3) is 0 Å². The summed E-state index contributed by atoms with van der Waals surface area (Å²) in [5.41, 5.74) is 0. The summed E-state index contributed by atoms with van der Waals surface area (Å²) in [7, 11) is 7.55. The minimum atomic E-state index is -2.86. The van der Waals surface area contributed by atoms with Crippen LogP contribution in [-0.2, 0) is 62.0 Å². The highest BCUT2D eigenvalue weighted by atomic mass is 28.4. The molecule has 0 aromatic rings. The summed E-state index contributed by atoms with van der Waals surface area (Å²) in [5.74, 6) is -10.9. The molecule has 0 unspecified atom stereocenters. The lowest BCUT2D eigenvalue weighted by molar-refractivity contribution is -0.157. The van der Waals surface area contributed by atoms with Crippen molar-refractivity contribution in [2.75, 3.05) is 49.3 Å². The van der Waals surface area contributed by atoms with E-state index in [4.69, 9.17) is 4.43 Å². The van der Waals surface area contributed by atoms with E-state index in [1.807, 2.05) is 103 Å². The average Bonchev–Trinajstić information content (AvgIpc) is 0.794. The molecule has 0 aromatic heterocycles. The van der Waals surface area contributed by atoms with Crippen molar-refractivity contribution in [3.05, 3.63) is 0 Å². The number of nitrogens with one attached hydrogen (secondary N) is 1. The van der Waals surface area contributed by atoms with Crippen LogP contribution in [0.4, 0.5) is 0 Å². The standard InChI is InChI=1S/C70H126N8O13Si/c1-30-50-38-58(82)60(61(46(14)31-32-79)91-92(28,29)70(18,19)20)78(27)69(90)59(45(12)13)77(26)68(89)55(36-43(8)9)76(25)67(88)54(35-42(6)7)75(24)63(84)48(16)71-62(83)47(15)37-56(80)52(33-40(2)3)74(23)66(87)51(44(10)11)39-57(81)53(34-41(4)5)73(22)64(85)49(17)72(21)65(50)86/h32,40-55,59-61H,30-31,33-39H2,1-29H3,(H,71,83)/t46-,47+,48+,49-,50+,51-,52-,53+,54-,55-,59-,60+,61-/m1/s1. The number of carbonyl (C=O) groups excluding carboxylic acids is 12. The van der Waals surface area contributed by atoms with E-state index < -0.39 is 169 Å². The Bertz CT molecular complexity index is 2550. The van der Waals surface area contributed by atoms with E-state index in [0.29, 0.717) is 0 Å². The van der Waals surface area contributed by atoms with Crippen LogP contribution in [0.3, 0.4) is 0 Å². The van der Waals surface area contributed by atoms with Gasteiger partial charge in [0.15, 0.2) is 25.7 Å². The molecule has 528 valence electrons. The van der Waals surface area contributed by atoms with Crippen molar-refractivity contribution in [1.29, 1.82) is 0 Å². The topological polar surface area (TPSA) is 249 Å². The van der Waals surface area contributed by atoms with E-state index in [1.54, 1.807) is 41.5 Å². The van der Waals surface area contributed by atoms with Gasteiger partial charge in [0.05, 0.1) is 18.2 Å². The molecule has 0 bridgehead atoms. The fourth-order valence-corrected chi connectivity index (χ4v) is 13.6. The highest BCUT2D eigenvalue weighted by molar-refractivity contribution is 6.74. The van der Waals surface area contributed by atoms with Crippen molar-refractivity contribution in [2.45, 2.75) is 269 Å². The van der Waals surface area contributed by atoms with Crippen molar-refractivity contribution in [3.63, 3.8) is 0 Å². The van der Waals surface area contributed by atoms with Crippen LogP contribution >= 0.6 is 0 Å². The number of amides is 8. The highest BCUT2D eigenvalue weighted by Crippen LogP contribution is 2.40. The predicted molar refractivity (Wildman–Crippen MR) is 364 cm³/mol. The predicted octanol–water partition coefficient (Wildman–Crippen LogP) is 8.58. The minimum absolute atomic E-state index is 0.0444. The van der Waals surface area contributed by atoms with Gasteiger partial charge in [-0.05, 0) is 106 Å². The van der Waals surface area contributed by atoms with Crippen molar-refractivity contribution >= 4 is 79.2 Å². The molecule has 0 radical (unpaired) electrons. The van der Waals surface area contributed by atoms with Gasteiger partial charge < -0.3 is 48.8 Å². The molecule has 92 heavy (non-hydrogen) atoms. The molecule has 21 nitrogen and oxygen atoms in total. The first-order valence-electron chi connectivity index (χ1n) is 33.9. The smallest absolute Gasteiger partial charge is 0.246 e. The Balaban J connectivity index is 4.58. The van der Waals surface area contributed by atoms with Crippen LogP contribution in [-0.4, -0.2) is 217 Å². The van der Waals surface area contributed by atoms with Crippen molar-refractivity contribution in [3.8, 4) is 0 Å². The van der Waals surface area contributed by atoms with Gasteiger partial charge in [0.25, 0.3) is 0 Å². The first-order chi connectivity index (χ1) is 42.1. The van der Waals surface area contributed by atoms with Crippen molar-refractivity contribution < 1.29 is 62.0 Å².